The zero-order valence-electron chi connectivity index (χ0n) is 11.0. The molecule has 0 aliphatic heterocycles. The third kappa shape index (κ3) is 5.39. The van der Waals surface area contributed by atoms with E-state index in [1.54, 1.807) is 16.7 Å². The van der Waals surface area contributed by atoms with E-state index in [-0.39, 0.29) is 18.5 Å². The number of rotatable bonds is 8. The largest absolute Gasteiger partial charge is 0.480 e. The molecule has 106 valence electrons. The van der Waals surface area contributed by atoms with Crippen molar-refractivity contribution in [3.8, 4) is 6.07 Å². The number of nitrogens with zero attached hydrogens (tertiary/aromatic N) is 2. The molecule has 6 nitrogen and oxygen atoms in total. The Morgan fingerprint density at radius 1 is 1.58 bits per heavy atom. The third-order valence-electron chi connectivity index (χ3n) is 2.92. The monoisotopic (exact) mass is 285 g/mol. The van der Waals surface area contributed by atoms with Crippen LogP contribution in [0.1, 0.15) is 25.7 Å². The van der Waals surface area contributed by atoms with Crippen LogP contribution in [0.25, 0.3) is 0 Å². The number of nitrogens with one attached hydrogen (secondary N) is 1. The molecule has 7 heteroatoms. The lowest BCUT2D eigenvalue weighted by Gasteiger charge is -2.24. The number of hydrogen-bond acceptors (Lipinski definition) is 4. The molecule has 0 aromatic heterocycles. The first-order valence-electron chi connectivity index (χ1n) is 6.26. The lowest BCUT2D eigenvalue weighted by Crippen LogP contribution is -2.49. The van der Waals surface area contributed by atoms with Gasteiger partial charge < -0.3 is 15.3 Å². The first kappa shape index (κ1) is 15.6. The maximum Gasteiger partial charge on any atom is 0.326 e. The van der Waals surface area contributed by atoms with Gasteiger partial charge in [-0.15, -0.1) is 0 Å². The molecule has 2 amide bonds. The van der Waals surface area contributed by atoms with Crippen molar-refractivity contribution in [1.82, 2.24) is 10.2 Å². The number of nitriles is 1. The summed E-state index contributed by atoms with van der Waals surface area (Å²) in [5.74, 6) is -0.336. The van der Waals surface area contributed by atoms with Crippen LogP contribution in [-0.2, 0) is 4.79 Å². The summed E-state index contributed by atoms with van der Waals surface area (Å²) in [5, 5.41) is 20.2. The van der Waals surface area contributed by atoms with Crippen LogP contribution in [0.5, 0.6) is 0 Å². The van der Waals surface area contributed by atoms with Gasteiger partial charge in [0.2, 0.25) is 0 Å². The molecule has 1 aliphatic carbocycles. The van der Waals surface area contributed by atoms with E-state index in [1.807, 2.05) is 12.3 Å². The van der Waals surface area contributed by atoms with Crippen molar-refractivity contribution >= 4 is 23.8 Å². The van der Waals surface area contributed by atoms with Crippen molar-refractivity contribution in [2.45, 2.75) is 37.8 Å². The number of thioether (sulfide) groups is 1. The van der Waals surface area contributed by atoms with Crippen molar-refractivity contribution in [3.63, 3.8) is 0 Å². The van der Waals surface area contributed by atoms with E-state index in [4.69, 9.17) is 10.4 Å². The highest BCUT2D eigenvalue weighted by molar-refractivity contribution is 7.98. The molecule has 2 N–H and O–H groups in total. The van der Waals surface area contributed by atoms with Crippen LogP contribution in [0.2, 0.25) is 0 Å². The predicted molar refractivity (Wildman–Crippen MR) is 72.9 cm³/mol. The minimum absolute atomic E-state index is 0.170. The van der Waals surface area contributed by atoms with E-state index in [1.165, 1.54) is 0 Å². The van der Waals surface area contributed by atoms with Crippen molar-refractivity contribution in [1.29, 1.82) is 5.26 Å². The minimum atomic E-state index is -1.02. The maximum absolute atomic E-state index is 12.0. The highest BCUT2D eigenvalue weighted by Gasteiger charge is 2.33. The molecule has 1 aliphatic rings. The van der Waals surface area contributed by atoms with Gasteiger partial charge in [-0.3, -0.25) is 0 Å². The van der Waals surface area contributed by atoms with Gasteiger partial charge in [-0.25, -0.2) is 9.59 Å². The number of carboxylic acids is 1. The average Bonchev–Trinajstić information content (AvgIpc) is 3.19. The summed E-state index contributed by atoms with van der Waals surface area (Å²) < 4.78 is 0. The fraction of sp³-hybridized carbons (Fsp3) is 0.750. The smallest absolute Gasteiger partial charge is 0.326 e. The van der Waals surface area contributed by atoms with Gasteiger partial charge in [0.15, 0.2) is 0 Å². The second kappa shape index (κ2) is 7.89. The molecule has 19 heavy (non-hydrogen) atoms. The van der Waals surface area contributed by atoms with E-state index in [9.17, 15) is 9.59 Å². The molecule has 1 saturated carbocycles. The number of amides is 2. The van der Waals surface area contributed by atoms with E-state index >= 15 is 0 Å². The summed E-state index contributed by atoms with van der Waals surface area (Å²) in [7, 11) is 0. The van der Waals surface area contributed by atoms with Gasteiger partial charge in [0.25, 0.3) is 0 Å². The number of urea groups is 1. The number of aliphatic carboxylic acids is 1. The van der Waals surface area contributed by atoms with Gasteiger partial charge in [0.05, 0.1) is 12.5 Å². The van der Waals surface area contributed by atoms with Crippen LogP contribution in [0, 0.1) is 11.3 Å². The average molecular weight is 285 g/mol. The Bertz CT molecular complexity index is 366. The van der Waals surface area contributed by atoms with Crippen LogP contribution in [0.15, 0.2) is 0 Å². The second-order valence-electron chi connectivity index (χ2n) is 4.45. The molecule has 0 aromatic rings. The van der Waals surface area contributed by atoms with Crippen LogP contribution in [0.3, 0.4) is 0 Å². The normalized spacial score (nSPS) is 15.4. The summed E-state index contributed by atoms with van der Waals surface area (Å²) >= 11 is 1.54. The van der Waals surface area contributed by atoms with Crippen LogP contribution in [-0.4, -0.2) is 52.6 Å². The molecule has 0 unspecified atom stereocenters. The number of carbonyl (C=O) groups is 2. The standard InChI is InChI=1S/C12H19N3O3S/c1-19-8-5-10(11(16)17)14-12(18)15(7-2-6-13)9-3-4-9/h9-10H,2-5,7-8H2,1H3,(H,14,18)(H,16,17)/t10-/m0/s1. The molecule has 0 heterocycles. The fourth-order valence-electron chi connectivity index (χ4n) is 1.73. The summed E-state index contributed by atoms with van der Waals surface area (Å²) in [5.41, 5.74) is 0. The summed E-state index contributed by atoms with van der Waals surface area (Å²) in [6.45, 7) is 0.363. The van der Waals surface area contributed by atoms with Gasteiger partial charge >= 0.3 is 12.0 Å². The summed E-state index contributed by atoms with van der Waals surface area (Å²) in [4.78, 5) is 24.7. The van der Waals surface area contributed by atoms with Crippen molar-refractivity contribution in [2.24, 2.45) is 0 Å². The first-order chi connectivity index (χ1) is 9.10. The van der Waals surface area contributed by atoms with Gasteiger partial charge in [0, 0.05) is 12.6 Å². The summed E-state index contributed by atoms with van der Waals surface area (Å²) in [6.07, 6.45) is 4.43. The second-order valence-corrected chi connectivity index (χ2v) is 5.44. The first-order valence-corrected chi connectivity index (χ1v) is 7.65. The van der Waals surface area contributed by atoms with Crippen LogP contribution >= 0.6 is 11.8 Å². The van der Waals surface area contributed by atoms with Crippen LogP contribution < -0.4 is 5.32 Å². The lowest BCUT2D eigenvalue weighted by atomic mass is 10.2. The quantitative estimate of drug-likeness (QED) is 0.700. The molecule has 1 atom stereocenters. The molecule has 0 spiro atoms. The third-order valence-corrected chi connectivity index (χ3v) is 3.56. The highest BCUT2D eigenvalue weighted by atomic mass is 32.2. The Labute approximate surface area is 117 Å². The van der Waals surface area contributed by atoms with Crippen molar-refractivity contribution in [2.75, 3.05) is 18.6 Å². The summed E-state index contributed by atoms with van der Waals surface area (Å²) in [6, 6.07) is 0.947. The van der Waals surface area contributed by atoms with E-state index < -0.39 is 12.0 Å². The lowest BCUT2D eigenvalue weighted by molar-refractivity contribution is -0.139. The topological polar surface area (TPSA) is 93.4 Å². The zero-order valence-corrected chi connectivity index (χ0v) is 11.8. The Kier molecular flexibility index (Phi) is 6.50. The number of hydrogen-bond donors (Lipinski definition) is 2. The Morgan fingerprint density at radius 3 is 2.74 bits per heavy atom. The van der Waals surface area contributed by atoms with Gasteiger partial charge in [-0.1, -0.05) is 0 Å². The minimum Gasteiger partial charge on any atom is -0.480 e. The predicted octanol–water partition coefficient (Wildman–Crippen LogP) is 1.28. The number of carboxylic acid groups (broad SMARTS) is 1. The van der Waals surface area contributed by atoms with Gasteiger partial charge in [-0.2, -0.15) is 17.0 Å². The zero-order chi connectivity index (χ0) is 14.3. The molecule has 0 aromatic carbocycles. The van der Waals surface area contributed by atoms with E-state index in [0.717, 1.165) is 12.8 Å². The molecule has 1 rings (SSSR count). The van der Waals surface area contributed by atoms with Crippen molar-refractivity contribution in [3.05, 3.63) is 0 Å². The SMILES string of the molecule is CSCC[C@H](NC(=O)N(CCC#N)C1CC1)C(=O)O. The molecular formula is C12H19N3O3S. The molecule has 1 fully saturated rings. The molecular weight excluding hydrogens is 266 g/mol. The van der Waals surface area contributed by atoms with Crippen LogP contribution in [0.4, 0.5) is 4.79 Å². The van der Waals surface area contributed by atoms with E-state index in [0.29, 0.717) is 18.7 Å². The maximum atomic E-state index is 12.0. The highest BCUT2D eigenvalue weighted by Crippen LogP contribution is 2.27. The van der Waals surface area contributed by atoms with Gasteiger partial charge in [0.1, 0.15) is 6.04 Å². The Morgan fingerprint density at radius 2 is 2.26 bits per heavy atom. The molecule has 0 bridgehead atoms. The Hall–Kier alpha value is -1.42. The van der Waals surface area contributed by atoms with E-state index in [2.05, 4.69) is 5.32 Å². The van der Waals surface area contributed by atoms with Gasteiger partial charge in [-0.05, 0) is 31.3 Å². The molecule has 0 saturated heterocycles. The van der Waals surface area contributed by atoms with Crippen molar-refractivity contribution < 1.29 is 14.7 Å². The Balaban J connectivity index is 2.52. The fourth-order valence-corrected chi connectivity index (χ4v) is 2.20. The molecule has 0 radical (unpaired) electrons. The number of carbonyl (C=O) groups excluding carboxylic acids is 1.